The number of esters is 1. The molecule has 0 saturated heterocycles. The van der Waals surface area contributed by atoms with Crippen LogP contribution in [-0.2, 0) is 18.8 Å². The highest BCUT2D eigenvalue weighted by Crippen LogP contribution is 2.55. The zero-order valence-electron chi connectivity index (χ0n) is 20.3. The molecule has 33 heavy (non-hydrogen) atoms. The first-order valence-corrected chi connectivity index (χ1v) is 14.7. The fourth-order valence-electron chi connectivity index (χ4n) is 4.68. The van der Waals surface area contributed by atoms with Gasteiger partial charge in [0.05, 0.1) is 29.2 Å². The molecule has 4 rings (SSSR count). The minimum atomic E-state index is -2.18. The lowest BCUT2D eigenvalue weighted by molar-refractivity contribution is -0.169. The molecular formula is C24H35ClFNO5Si. The molecule has 1 aromatic carbocycles. The highest BCUT2D eigenvalue weighted by molar-refractivity contribution is 6.74. The van der Waals surface area contributed by atoms with E-state index < -0.39 is 25.1 Å². The number of amides is 1. The summed E-state index contributed by atoms with van der Waals surface area (Å²) in [6, 6.07) is 4.07. The second-order valence-corrected chi connectivity index (χ2v) is 16.1. The lowest BCUT2D eigenvalue weighted by Crippen LogP contribution is -2.69. The second kappa shape index (κ2) is 9.19. The maximum absolute atomic E-state index is 13.7. The quantitative estimate of drug-likeness (QED) is 0.410. The molecular weight excluding hydrogens is 465 g/mol. The first-order valence-electron chi connectivity index (χ1n) is 11.4. The van der Waals surface area contributed by atoms with Gasteiger partial charge in [-0.2, -0.15) is 0 Å². The van der Waals surface area contributed by atoms with Gasteiger partial charge in [0.15, 0.2) is 14.9 Å². The number of hydrogen-bond donors (Lipinski definition) is 1. The molecule has 3 aliphatic rings. The number of nitrogens with one attached hydrogen (secondary N) is 1. The van der Waals surface area contributed by atoms with Crippen molar-refractivity contribution in [2.24, 2.45) is 5.41 Å². The van der Waals surface area contributed by atoms with E-state index in [0.29, 0.717) is 32.1 Å². The van der Waals surface area contributed by atoms with Gasteiger partial charge in [-0.25, -0.2) is 4.39 Å². The average Bonchev–Trinajstić information content (AvgIpc) is 2.74. The second-order valence-electron chi connectivity index (χ2n) is 10.9. The Morgan fingerprint density at radius 2 is 1.85 bits per heavy atom. The average molecular weight is 500 g/mol. The molecule has 3 saturated carbocycles. The molecule has 0 spiro atoms. The van der Waals surface area contributed by atoms with Crippen molar-refractivity contribution in [1.82, 2.24) is 5.32 Å². The van der Waals surface area contributed by atoms with Gasteiger partial charge < -0.3 is 19.2 Å². The van der Waals surface area contributed by atoms with Crippen molar-refractivity contribution in [2.75, 3.05) is 13.7 Å². The number of benzene rings is 1. The Kier molecular flexibility index (Phi) is 7.23. The van der Waals surface area contributed by atoms with Crippen molar-refractivity contribution in [1.29, 1.82) is 0 Å². The molecule has 6 nitrogen and oxygen atoms in total. The minimum Gasteiger partial charge on any atom is -0.484 e. The van der Waals surface area contributed by atoms with Crippen LogP contribution in [0.1, 0.15) is 52.9 Å². The van der Waals surface area contributed by atoms with Crippen LogP contribution in [0.25, 0.3) is 0 Å². The van der Waals surface area contributed by atoms with E-state index in [2.05, 4.69) is 39.2 Å². The molecule has 1 aromatic rings. The van der Waals surface area contributed by atoms with Gasteiger partial charge in [0.25, 0.3) is 5.91 Å². The molecule has 1 atom stereocenters. The number of carbonyl (C=O) groups excluding carboxylic acids is 2. The third-order valence-electron chi connectivity index (χ3n) is 7.80. The molecule has 3 aliphatic carbocycles. The topological polar surface area (TPSA) is 73.9 Å². The molecule has 0 aromatic heterocycles. The predicted molar refractivity (Wildman–Crippen MR) is 127 cm³/mol. The van der Waals surface area contributed by atoms with Crippen LogP contribution in [0.4, 0.5) is 4.39 Å². The molecule has 0 radical (unpaired) electrons. The van der Waals surface area contributed by atoms with Gasteiger partial charge in [-0.15, -0.1) is 0 Å². The van der Waals surface area contributed by atoms with Crippen LogP contribution in [0.3, 0.4) is 0 Å². The van der Waals surface area contributed by atoms with Crippen LogP contribution >= 0.6 is 11.6 Å². The molecule has 3 fully saturated rings. The number of carbonyl (C=O) groups is 2. The molecule has 1 N–H and O–H groups in total. The number of rotatable bonds is 7. The normalized spacial score (nSPS) is 27.2. The summed E-state index contributed by atoms with van der Waals surface area (Å²) in [6.45, 7) is 10.6. The molecule has 0 heterocycles. The number of hydrogen-bond acceptors (Lipinski definition) is 5. The molecule has 2 bridgehead atoms. The highest BCUT2D eigenvalue weighted by atomic mass is 35.5. The van der Waals surface area contributed by atoms with Crippen molar-refractivity contribution < 1.29 is 27.9 Å². The zero-order valence-corrected chi connectivity index (χ0v) is 22.1. The van der Waals surface area contributed by atoms with Crippen LogP contribution < -0.4 is 10.1 Å². The largest absolute Gasteiger partial charge is 0.484 e. The lowest BCUT2D eigenvalue weighted by Gasteiger charge is -2.58. The Hall–Kier alpha value is -1.64. The monoisotopic (exact) mass is 499 g/mol. The Morgan fingerprint density at radius 1 is 1.21 bits per heavy atom. The van der Waals surface area contributed by atoms with E-state index in [9.17, 15) is 14.0 Å². The first kappa shape index (κ1) is 26.0. The molecule has 184 valence electrons. The van der Waals surface area contributed by atoms with E-state index in [0.717, 1.165) is 6.07 Å². The van der Waals surface area contributed by atoms with Gasteiger partial charge in [0.2, 0.25) is 0 Å². The minimum absolute atomic E-state index is 0.00480. The van der Waals surface area contributed by atoms with Crippen LogP contribution in [0.15, 0.2) is 18.2 Å². The van der Waals surface area contributed by atoms with Gasteiger partial charge >= 0.3 is 5.97 Å². The molecule has 9 heteroatoms. The van der Waals surface area contributed by atoms with Crippen LogP contribution in [0.5, 0.6) is 5.75 Å². The Bertz CT molecular complexity index is 909. The molecule has 0 aliphatic heterocycles. The van der Waals surface area contributed by atoms with Gasteiger partial charge in [0.1, 0.15) is 11.6 Å². The van der Waals surface area contributed by atoms with E-state index in [1.165, 1.54) is 19.2 Å². The predicted octanol–water partition coefficient (Wildman–Crippen LogP) is 5.24. The van der Waals surface area contributed by atoms with Gasteiger partial charge in [-0.05, 0) is 62.4 Å². The maximum atomic E-state index is 13.7. The van der Waals surface area contributed by atoms with E-state index in [1.54, 1.807) is 0 Å². The summed E-state index contributed by atoms with van der Waals surface area (Å²) in [5.74, 6) is -0.869. The fourth-order valence-corrected chi connectivity index (χ4v) is 6.17. The Labute approximate surface area is 201 Å². The molecule has 1 unspecified atom stereocenters. The van der Waals surface area contributed by atoms with E-state index in [-0.39, 0.29) is 40.4 Å². The van der Waals surface area contributed by atoms with Gasteiger partial charge in [-0.3, -0.25) is 9.59 Å². The first-order chi connectivity index (χ1) is 15.2. The number of ether oxygens (including phenoxy) is 2. The highest BCUT2D eigenvalue weighted by Gasteiger charge is 2.60. The van der Waals surface area contributed by atoms with Gasteiger partial charge in [0, 0.05) is 6.07 Å². The summed E-state index contributed by atoms with van der Waals surface area (Å²) < 4.78 is 31.1. The summed E-state index contributed by atoms with van der Waals surface area (Å²) in [4.78, 5) is 25.6. The van der Waals surface area contributed by atoms with Crippen molar-refractivity contribution in [3.63, 3.8) is 0 Å². The fraction of sp³-hybridized carbons (Fsp3) is 0.667. The smallest absolute Gasteiger partial charge is 0.311 e. The third kappa shape index (κ3) is 5.22. The zero-order chi connectivity index (χ0) is 24.7. The van der Waals surface area contributed by atoms with Crippen LogP contribution in [0, 0.1) is 11.2 Å². The van der Waals surface area contributed by atoms with E-state index >= 15 is 0 Å². The number of fused-ring (bicyclic) bond motifs is 3. The third-order valence-corrected chi connectivity index (χ3v) is 12.6. The maximum Gasteiger partial charge on any atom is 0.311 e. The molecule has 1 amide bonds. The van der Waals surface area contributed by atoms with Crippen molar-refractivity contribution >= 4 is 31.8 Å². The number of methoxy groups -OCH3 is 1. The van der Waals surface area contributed by atoms with Crippen molar-refractivity contribution in [3.05, 3.63) is 29.0 Å². The SMILES string of the molecule is COC(=O)C12CCC(NC(=O)COc3ccc(Cl)c(F)c3)(CC1)C(O[Si](C)(C)C(C)(C)C)C2. The lowest BCUT2D eigenvalue weighted by atomic mass is 9.56. The Balaban J connectivity index is 1.77. The summed E-state index contributed by atoms with van der Waals surface area (Å²) >= 11 is 5.71. The summed E-state index contributed by atoms with van der Waals surface area (Å²) in [5.41, 5.74) is -1.14. The Morgan fingerprint density at radius 3 is 2.39 bits per heavy atom. The standard InChI is InChI=1S/C24H35ClFNO5Si/c1-22(2,3)33(5,6)32-19-14-23(21(29)30-4)9-11-24(19,12-10-23)27-20(28)15-31-16-7-8-17(25)18(26)13-16/h7-8,13,19H,9-12,14-15H2,1-6H3,(H,27,28). The van der Waals surface area contributed by atoms with Gasteiger partial charge in [-0.1, -0.05) is 32.4 Å². The van der Waals surface area contributed by atoms with E-state index in [4.69, 9.17) is 25.5 Å². The van der Waals surface area contributed by atoms with Crippen LogP contribution in [-0.4, -0.2) is 45.6 Å². The van der Waals surface area contributed by atoms with E-state index in [1.807, 2.05) is 0 Å². The summed E-state index contributed by atoms with van der Waals surface area (Å²) in [6.07, 6.45) is 2.76. The van der Waals surface area contributed by atoms with Crippen molar-refractivity contribution in [2.45, 2.75) is 82.7 Å². The number of halogens is 2. The summed E-state index contributed by atoms with van der Waals surface area (Å²) in [5, 5.41) is 3.15. The van der Waals surface area contributed by atoms with Crippen LogP contribution in [0.2, 0.25) is 23.2 Å². The summed E-state index contributed by atoms with van der Waals surface area (Å²) in [7, 11) is -0.751. The van der Waals surface area contributed by atoms with Crippen molar-refractivity contribution in [3.8, 4) is 5.75 Å².